The zero-order chi connectivity index (χ0) is 18.8. The van der Waals surface area contributed by atoms with Gasteiger partial charge in [0.15, 0.2) is 6.10 Å². The molecule has 1 amide bonds. The summed E-state index contributed by atoms with van der Waals surface area (Å²) in [5.74, 6) is -1.18. The number of carboxylic acid groups (broad SMARTS) is 1. The van der Waals surface area contributed by atoms with Gasteiger partial charge in [-0.25, -0.2) is 4.79 Å². The topological polar surface area (TPSA) is 71.8 Å². The van der Waals surface area contributed by atoms with E-state index in [1.54, 1.807) is 4.90 Å². The van der Waals surface area contributed by atoms with Gasteiger partial charge in [-0.1, -0.05) is 30.3 Å². The third-order valence-corrected chi connectivity index (χ3v) is 5.01. The number of carboxylic acids is 1. The number of hydrogen-bond donors (Lipinski definition) is 1. The van der Waals surface area contributed by atoms with Crippen LogP contribution in [0.1, 0.15) is 40.3 Å². The van der Waals surface area contributed by atoms with Crippen molar-refractivity contribution in [2.75, 3.05) is 19.7 Å². The van der Waals surface area contributed by atoms with Crippen LogP contribution in [0.15, 0.2) is 36.4 Å². The fourth-order valence-corrected chi connectivity index (χ4v) is 3.62. The Balaban J connectivity index is 1.88. The normalized spacial score (nSPS) is 18.6. The molecule has 1 aliphatic heterocycles. The van der Waals surface area contributed by atoms with E-state index < -0.39 is 12.1 Å². The molecule has 1 aliphatic rings. The Bertz CT molecular complexity index is 813. The molecule has 1 aromatic carbocycles. The van der Waals surface area contributed by atoms with E-state index in [0.29, 0.717) is 12.1 Å². The predicted octanol–water partition coefficient (Wildman–Crippen LogP) is 2.64. The first kappa shape index (κ1) is 18.2. The molecule has 26 heavy (non-hydrogen) atoms. The lowest BCUT2D eigenvalue weighted by Crippen LogP contribution is -2.48. The van der Waals surface area contributed by atoms with Crippen molar-refractivity contribution in [3.05, 3.63) is 58.9 Å². The van der Waals surface area contributed by atoms with Crippen molar-refractivity contribution in [1.82, 2.24) is 9.47 Å². The Kier molecular flexibility index (Phi) is 5.13. The first-order chi connectivity index (χ1) is 12.4. The number of benzene rings is 1. The van der Waals surface area contributed by atoms with Gasteiger partial charge < -0.3 is 19.3 Å². The van der Waals surface area contributed by atoms with Crippen molar-refractivity contribution in [1.29, 1.82) is 0 Å². The Morgan fingerprint density at radius 3 is 2.58 bits per heavy atom. The fraction of sp³-hybridized carbons (Fsp3) is 0.400. The van der Waals surface area contributed by atoms with Gasteiger partial charge in [0.05, 0.1) is 24.8 Å². The Morgan fingerprint density at radius 2 is 1.92 bits per heavy atom. The van der Waals surface area contributed by atoms with E-state index in [4.69, 9.17) is 9.84 Å². The van der Waals surface area contributed by atoms with Crippen LogP contribution < -0.4 is 0 Å². The number of morpholine rings is 1. The second-order valence-corrected chi connectivity index (χ2v) is 6.69. The zero-order valence-corrected chi connectivity index (χ0v) is 15.3. The van der Waals surface area contributed by atoms with Gasteiger partial charge in [0, 0.05) is 17.9 Å². The first-order valence-corrected chi connectivity index (χ1v) is 8.77. The van der Waals surface area contributed by atoms with Crippen LogP contribution in [0.5, 0.6) is 0 Å². The largest absolute Gasteiger partial charge is 0.479 e. The first-order valence-electron chi connectivity index (χ1n) is 8.77. The lowest BCUT2D eigenvalue weighted by molar-refractivity contribution is -0.154. The van der Waals surface area contributed by atoms with Crippen molar-refractivity contribution in [3.63, 3.8) is 0 Å². The maximum Gasteiger partial charge on any atom is 0.334 e. The smallest absolute Gasteiger partial charge is 0.334 e. The van der Waals surface area contributed by atoms with E-state index in [1.807, 2.05) is 38.1 Å². The number of rotatable bonds is 4. The van der Waals surface area contributed by atoms with Crippen molar-refractivity contribution in [2.24, 2.45) is 0 Å². The van der Waals surface area contributed by atoms with Gasteiger partial charge in [-0.2, -0.15) is 0 Å². The highest BCUT2D eigenvalue weighted by atomic mass is 16.5. The molecule has 138 valence electrons. The molecule has 0 bridgehead atoms. The number of carbonyl (C=O) groups excluding carboxylic acids is 1. The number of hydrogen-bond acceptors (Lipinski definition) is 3. The summed E-state index contributed by atoms with van der Waals surface area (Å²) in [5, 5.41) is 9.14. The summed E-state index contributed by atoms with van der Waals surface area (Å²) in [7, 11) is 0. The summed E-state index contributed by atoms with van der Waals surface area (Å²) >= 11 is 0. The predicted molar refractivity (Wildman–Crippen MR) is 97.4 cm³/mol. The highest BCUT2D eigenvalue weighted by Crippen LogP contribution is 2.26. The van der Waals surface area contributed by atoms with Crippen LogP contribution in [0.2, 0.25) is 0 Å². The second-order valence-electron chi connectivity index (χ2n) is 6.69. The summed E-state index contributed by atoms with van der Waals surface area (Å²) in [6, 6.07) is 12.1. The third kappa shape index (κ3) is 3.37. The van der Waals surface area contributed by atoms with Gasteiger partial charge in [-0.05, 0) is 32.4 Å². The van der Waals surface area contributed by atoms with E-state index in [1.165, 1.54) is 5.56 Å². The highest BCUT2D eigenvalue weighted by Gasteiger charge is 2.31. The molecule has 1 N–H and O–H groups in total. The van der Waals surface area contributed by atoms with Crippen molar-refractivity contribution >= 4 is 11.9 Å². The number of aliphatic carboxylic acids is 1. The number of amides is 1. The van der Waals surface area contributed by atoms with E-state index in [2.05, 4.69) is 23.6 Å². The quantitative estimate of drug-likeness (QED) is 0.914. The molecule has 1 saturated heterocycles. The summed E-state index contributed by atoms with van der Waals surface area (Å²) in [6.45, 7) is 6.75. The van der Waals surface area contributed by atoms with E-state index in [9.17, 15) is 9.59 Å². The van der Waals surface area contributed by atoms with Crippen LogP contribution in [0, 0.1) is 13.8 Å². The zero-order valence-electron chi connectivity index (χ0n) is 15.3. The van der Waals surface area contributed by atoms with E-state index >= 15 is 0 Å². The molecule has 2 atom stereocenters. The summed E-state index contributed by atoms with van der Waals surface area (Å²) in [6.07, 6.45) is -0.959. The van der Waals surface area contributed by atoms with Gasteiger partial charge in [-0.3, -0.25) is 4.79 Å². The summed E-state index contributed by atoms with van der Waals surface area (Å²) in [4.78, 5) is 25.7. The molecule has 0 unspecified atom stereocenters. The number of aromatic nitrogens is 1. The molecular weight excluding hydrogens is 332 g/mol. The molecule has 0 spiro atoms. The fourth-order valence-electron chi connectivity index (χ4n) is 3.62. The molecule has 0 aliphatic carbocycles. The van der Waals surface area contributed by atoms with Crippen LogP contribution in [0.3, 0.4) is 0 Å². The molecular formula is C20H24N2O4. The Hall–Kier alpha value is -2.60. The lowest BCUT2D eigenvalue weighted by atomic mass is 10.1. The molecule has 6 heteroatoms. The van der Waals surface area contributed by atoms with Crippen molar-refractivity contribution < 1.29 is 19.4 Å². The number of carbonyl (C=O) groups is 2. The van der Waals surface area contributed by atoms with Crippen LogP contribution in [0.25, 0.3) is 0 Å². The van der Waals surface area contributed by atoms with Crippen LogP contribution >= 0.6 is 0 Å². The number of aryl methyl sites for hydroxylation is 1. The van der Waals surface area contributed by atoms with E-state index in [-0.39, 0.29) is 25.1 Å². The van der Waals surface area contributed by atoms with Crippen molar-refractivity contribution in [3.8, 4) is 0 Å². The average Bonchev–Trinajstić information content (AvgIpc) is 2.95. The third-order valence-electron chi connectivity index (χ3n) is 5.01. The molecule has 2 heterocycles. The Labute approximate surface area is 153 Å². The van der Waals surface area contributed by atoms with Crippen LogP contribution in [0.4, 0.5) is 0 Å². The molecule has 0 saturated carbocycles. The average molecular weight is 356 g/mol. The Morgan fingerprint density at radius 1 is 1.23 bits per heavy atom. The minimum Gasteiger partial charge on any atom is -0.479 e. The van der Waals surface area contributed by atoms with Crippen LogP contribution in [-0.4, -0.2) is 52.3 Å². The van der Waals surface area contributed by atoms with E-state index in [0.717, 1.165) is 11.4 Å². The molecule has 1 fully saturated rings. The van der Waals surface area contributed by atoms with Crippen LogP contribution in [-0.2, 0) is 9.53 Å². The SMILES string of the molecule is Cc1cc(C(=O)N2CCO[C@H](C(=O)O)C2)c(C)n1[C@@H](C)c1ccccc1. The lowest BCUT2D eigenvalue weighted by Gasteiger charge is -2.31. The molecule has 0 radical (unpaired) electrons. The standard InChI is InChI=1S/C20H24N2O4/c1-13-11-17(19(23)21-9-10-26-18(12-21)20(24)25)15(3)22(13)14(2)16-7-5-4-6-8-16/h4-8,11,14,18H,9-10,12H2,1-3H3,(H,24,25)/t14-,18-/m0/s1. The van der Waals surface area contributed by atoms with Gasteiger partial charge >= 0.3 is 5.97 Å². The minimum absolute atomic E-state index is 0.0755. The number of ether oxygens (including phenoxy) is 1. The maximum absolute atomic E-state index is 13.0. The summed E-state index contributed by atoms with van der Waals surface area (Å²) < 4.78 is 7.36. The van der Waals surface area contributed by atoms with Gasteiger partial charge in [-0.15, -0.1) is 0 Å². The molecule has 3 rings (SSSR count). The van der Waals surface area contributed by atoms with Gasteiger partial charge in [0.25, 0.3) is 5.91 Å². The monoisotopic (exact) mass is 356 g/mol. The molecule has 2 aromatic rings. The second kappa shape index (κ2) is 7.33. The van der Waals surface area contributed by atoms with Gasteiger partial charge in [0.1, 0.15) is 0 Å². The minimum atomic E-state index is -1.04. The molecule has 6 nitrogen and oxygen atoms in total. The van der Waals surface area contributed by atoms with Crippen molar-refractivity contribution in [2.45, 2.75) is 32.9 Å². The van der Waals surface area contributed by atoms with Gasteiger partial charge in [0.2, 0.25) is 0 Å². The highest BCUT2D eigenvalue weighted by molar-refractivity contribution is 5.96. The number of nitrogens with zero attached hydrogens (tertiary/aromatic N) is 2. The molecule has 1 aromatic heterocycles. The maximum atomic E-state index is 13.0. The summed E-state index contributed by atoms with van der Waals surface area (Å²) in [5.41, 5.74) is 3.69.